The number of nitrogens with one attached hydrogen (secondary N) is 2. The van der Waals surface area contributed by atoms with Crippen LogP contribution in [-0.4, -0.2) is 23.7 Å². The molecule has 5 nitrogen and oxygen atoms in total. The summed E-state index contributed by atoms with van der Waals surface area (Å²) in [6.07, 6.45) is 1.92. The van der Waals surface area contributed by atoms with Gasteiger partial charge in [-0.25, -0.2) is 9.59 Å². The average Bonchev–Trinajstić information content (AvgIpc) is 2.28. The van der Waals surface area contributed by atoms with Crippen molar-refractivity contribution in [2.45, 2.75) is 19.8 Å². The molecule has 18 heavy (non-hydrogen) atoms. The van der Waals surface area contributed by atoms with Crippen LogP contribution >= 0.6 is 22.6 Å². The molecule has 98 valence electrons. The number of halogens is 1. The number of carboxylic acids is 1. The minimum Gasteiger partial charge on any atom is -0.478 e. The molecule has 1 aromatic carbocycles. The van der Waals surface area contributed by atoms with Crippen LogP contribution in [0.4, 0.5) is 10.5 Å². The number of benzene rings is 1. The highest BCUT2D eigenvalue weighted by atomic mass is 127. The number of aromatic carboxylic acids is 1. The summed E-state index contributed by atoms with van der Waals surface area (Å²) in [5.74, 6) is -1.01. The lowest BCUT2D eigenvalue weighted by molar-refractivity contribution is 0.0697. The molecular formula is C12H15IN2O3. The van der Waals surface area contributed by atoms with Crippen LogP contribution in [0.3, 0.4) is 0 Å². The molecule has 0 aromatic heterocycles. The third-order valence-electron chi connectivity index (χ3n) is 2.22. The molecule has 0 saturated heterocycles. The Morgan fingerprint density at radius 2 is 2.06 bits per heavy atom. The van der Waals surface area contributed by atoms with Gasteiger partial charge in [0.05, 0.1) is 5.56 Å². The quantitative estimate of drug-likeness (QED) is 0.557. The normalized spacial score (nSPS) is 9.89. The van der Waals surface area contributed by atoms with Gasteiger partial charge >= 0.3 is 12.0 Å². The van der Waals surface area contributed by atoms with E-state index in [0.717, 1.165) is 16.4 Å². The van der Waals surface area contributed by atoms with E-state index in [0.29, 0.717) is 12.2 Å². The van der Waals surface area contributed by atoms with Gasteiger partial charge in [0.1, 0.15) is 0 Å². The standard InChI is InChI=1S/C12H15IN2O3/c1-2-3-4-14-12(18)15-10-6-8(11(16)17)5-9(13)7-10/h5-7H,2-4H2,1H3,(H,16,17)(H2,14,15,18). The molecule has 3 N–H and O–H groups in total. The van der Waals surface area contributed by atoms with E-state index >= 15 is 0 Å². The predicted octanol–water partition coefficient (Wildman–Crippen LogP) is 2.91. The van der Waals surface area contributed by atoms with Crippen molar-refractivity contribution in [2.24, 2.45) is 0 Å². The lowest BCUT2D eigenvalue weighted by Crippen LogP contribution is -2.29. The molecule has 1 aromatic rings. The lowest BCUT2D eigenvalue weighted by atomic mass is 10.2. The van der Waals surface area contributed by atoms with Gasteiger partial charge in [0.25, 0.3) is 0 Å². The van der Waals surface area contributed by atoms with Crippen molar-refractivity contribution in [3.8, 4) is 0 Å². The van der Waals surface area contributed by atoms with E-state index in [2.05, 4.69) is 10.6 Å². The molecule has 0 heterocycles. The first-order chi connectivity index (χ1) is 8.52. The van der Waals surface area contributed by atoms with Crippen molar-refractivity contribution in [2.75, 3.05) is 11.9 Å². The second kappa shape index (κ2) is 7.20. The fourth-order valence-electron chi connectivity index (χ4n) is 1.34. The van der Waals surface area contributed by atoms with E-state index in [1.807, 2.05) is 29.5 Å². The largest absolute Gasteiger partial charge is 0.478 e. The fraction of sp³-hybridized carbons (Fsp3) is 0.333. The zero-order valence-corrected chi connectivity index (χ0v) is 12.2. The molecular weight excluding hydrogens is 347 g/mol. The SMILES string of the molecule is CCCCNC(=O)Nc1cc(I)cc(C(=O)O)c1. The van der Waals surface area contributed by atoms with Gasteiger partial charge in [-0.1, -0.05) is 13.3 Å². The van der Waals surface area contributed by atoms with Crippen molar-refractivity contribution in [1.82, 2.24) is 5.32 Å². The van der Waals surface area contributed by atoms with Crippen LogP contribution in [0.25, 0.3) is 0 Å². The number of hydrogen-bond donors (Lipinski definition) is 3. The van der Waals surface area contributed by atoms with Gasteiger partial charge in [-0.3, -0.25) is 0 Å². The minimum absolute atomic E-state index is 0.158. The van der Waals surface area contributed by atoms with E-state index < -0.39 is 5.97 Å². The van der Waals surface area contributed by atoms with Crippen LogP contribution in [-0.2, 0) is 0 Å². The second-order valence-corrected chi connectivity index (χ2v) is 5.01. The molecule has 0 fully saturated rings. The van der Waals surface area contributed by atoms with Crippen LogP contribution in [0.1, 0.15) is 30.1 Å². The summed E-state index contributed by atoms with van der Waals surface area (Å²) in [7, 11) is 0. The summed E-state index contributed by atoms with van der Waals surface area (Å²) < 4.78 is 0.761. The summed E-state index contributed by atoms with van der Waals surface area (Å²) in [4.78, 5) is 22.4. The lowest BCUT2D eigenvalue weighted by Gasteiger charge is -2.08. The van der Waals surface area contributed by atoms with Gasteiger partial charge in [0.2, 0.25) is 0 Å². The monoisotopic (exact) mass is 362 g/mol. The van der Waals surface area contributed by atoms with Gasteiger partial charge < -0.3 is 15.7 Å². The number of hydrogen-bond acceptors (Lipinski definition) is 2. The molecule has 0 aliphatic rings. The van der Waals surface area contributed by atoms with E-state index in [1.54, 1.807) is 12.1 Å². The maximum absolute atomic E-state index is 11.5. The summed E-state index contributed by atoms with van der Waals surface area (Å²) in [6, 6.07) is 4.38. The Balaban J connectivity index is 2.66. The smallest absolute Gasteiger partial charge is 0.335 e. The first-order valence-electron chi connectivity index (χ1n) is 5.61. The Kier molecular flexibility index (Phi) is 5.90. The zero-order valence-electron chi connectivity index (χ0n) is 10.00. The molecule has 0 spiro atoms. The Hall–Kier alpha value is -1.31. The van der Waals surface area contributed by atoms with E-state index in [9.17, 15) is 9.59 Å². The third kappa shape index (κ3) is 4.91. The van der Waals surface area contributed by atoms with Crippen molar-refractivity contribution in [3.05, 3.63) is 27.3 Å². The number of carboxylic acid groups (broad SMARTS) is 1. The van der Waals surface area contributed by atoms with Gasteiger partial charge in [0.15, 0.2) is 0 Å². The first-order valence-corrected chi connectivity index (χ1v) is 6.69. The molecule has 1 rings (SSSR count). The molecule has 0 aliphatic carbocycles. The number of unbranched alkanes of at least 4 members (excludes halogenated alkanes) is 1. The Bertz CT molecular complexity index is 449. The number of carbonyl (C=O) groups excluding carboxylic acids is 1. The molecule has 0 atom stereocenters. The van der Waals surface area contributed by atoms with Crippen molar-refractivity contribution < 1.29 is 14.7 Å². The van der Waals surface area contributed by atoms with Gasteiger partial charge in [-0.2, -0.15) is 0 Å². The highest BCUT2D eigenvalue weighted by Crippen LogP contribution is 2.16. The molecule has 0 aliphatic heterocycles. The van der Waals surface area contributed by atoms with Gasteiger partial charge in [-0.05, 0) is 47.2 Å². The molecule has 2 amide bonds. The van der Waals surface area contributed by atoms with Gasteiger partial charge in [0, 0.05) is 15.8 Å². The maximum Gasteiger partial charge on any atom is 0.335 e. The number of urea groups is 1. The van der Waals surface area contributed by atoms with Crippen molar-refractivity contribution in [1.29, 1.82) is 0 Å². The van der Waals surface area contributed by atoms with Crippen LogP contribution in [0, 0.1) is 3.57 Å². The fourth-order valence-corrected chi connectivity index (χ4v) is 2.01. The summed E-state index contributed by atoms with van der Waals surface area (Å²) in [5, 5.41) is 14.2. The third-order valence-corrected chi connectivity index (χ3v) is 2.84. The number of carbonyl (C=O) groups is 2. The Labute approximate surface area is 119 Å². The second-order valence-electron chi connectivity index (χ2n) is 3.77. The van der Waals surface area contributed by atoms with E-state index in [-0.39, 0.29) is 11.6 Å². The van der Waals surface area contributed by atoms with Gasteiger partial charge in [-0.15, -0.1) is 0 Å². The Morgan fingerprint density at radius 3 is 2.67 bits per heavy atom. The topological polar surface area (TPSA) is 78.4 Å². The molecule has 6 heteroatoms. The minimum atomic E-state index is -1.01. The number of amides is 2. The van der Waals surface area contributed by atoms with Crippen LogP contribution in [0.15, 0.2) is 18.2 Å². The predicted molar refractivity (Wildman–Crippen MR) is 78.0 cm³/mol. The number of anilines is 1. The van der Waals surface area contributed by atoms with Crippen molar-refractivity contribution in [3.63, 3.8) is 0 Å². The van der Waals surface area contributed by atoms with Crippen LogP contribution in [0.5, 0.6) is 0 Å². The molecule has 0 bridgehead atoms. The Morgan fingerprint density at radius 1 is 1.33 bits per heavy atom. The molecule has 0 saturated carbocycles. The number of rotatable bonds is 5. The highest BCUT2D eigenvalue weighted by Gasteiger charge is 2.07. The van der Waals surface area contributed by atoms with E-state index in [4.69, 9.17) is 5.11 Å². The summed E-state index contributed by atoms with van der Waals surface area (Å²) >= 11 is 2.01. The highest BCUT2D eigenvalue weighted by molar-refractivity contribution is 14.1. The summed E-state index contributed by atoms with van der Waals surface area (Å²) in [5.41, 5.74) is 0.638. The molecule has 0 radical (unpaired) electrons. The summed E-state index contributed by atoms with van der Waals surface area (Å²) in [6.45, 7) is 2.65. The van der Waals surface area contributed by atoms with Crippen LogP contribution < -0.4 is 10.6 Å². The molecule has 0 unspecified atom stereocenters. The maximum atomic E-state index is 11.5. The average molecular weight is 362 g/mol. The first kappa shape index (κ1) is 14.7. The zero-order chi connectivity index (χ0) is 13.5. The van der Waals surface area contributed by atoms with Crippen molar-refractivity contribution >= 4 is 40.3 Å². The van der Waals surface area contributed by atoms with Crippen LogP contribution in [0.2, 0.25) is 0 Å². The van der Waals surface area contributed by atoms with E-state index in [1.165, 1.54) is 6.07 Å².